The highest BCUT2D eigenvalue weighted by molar-refractivity contribution is 8.14. The van der Waals surface area contributed by atoms with Crippen LogP contribution in [-0.2, 0) is 28.2 Å². The maximum atomic E-state index is 15.1. The van der Waals surface area contributed by atoms with E-state index < -0.39 is 7.67 Å². The predicted octanol–water partition coefficient (Wildman–Crippen LogP) is 1.55. The van der Waals surface area contributed by atoms with Crippen LogP contribution in [-0.4, -0.2) is 140 Å². The van der Waals surface area contributed by atoms with Crippen molar-refractivity contribution < 1.29 is 28.2 Å². The van der Waals surface area contributed by atoms with Crippen molar-refractivity contribution in [3.05, 3.63) is 0 Å². The maximum Gasteiger partial charge on any atom is 0.346 e. The van der Waals surface area contributed by atoms with E-state index in [1.54, 1.807) is 4.90 Å². The first kappa shape index (κ1) is 35.1. The summed E-state index contributed by atoms with van der Waals surface area (Å²) in [5.41, 5.74) is -0.227. The predicted molar refractivity (Wildman–Crippen MR) is 171 cm³/mol. The van der Waals surface area contributed by atoms with Gasteiger partial charge in [0.25, 0.3) is 0 Å². The van der Waals surface area contributed by atoms with Crippen LogP contribution < -0.4 is 0 Å². The summed E-state index contributed by atoms with van der Waals surface area (Å²) in [6.45, 7) is 19.9. The number of rotatable bonds is 9. The van der Waals surface area contributed by atoms with Crippen LogP contribution in [0.4, 0.5) is 0 Å². The van der Waals surface area contributed by atoms with Crippen LogP contribution in [0.15, 0.2) is 0 Å². The Kier molecular flexibility index (Phi) is 12.5. The van der Waals surface area contributed by atoms with Gasteiger partial charge in [-0.15, -0.1) is 0 Å². The van der Waals surface area contributed by atoms with Crippen LogP contribution in [0.5, 0.6) is 0 Å². The highest BCUT2D eigenvalue weighted by Gasteiger charge is 2.45. The Hall–Kier alpha value is -0.390. The van der Waals surface area contributed by atoms with Gasteiger partial charge in [0.05, 0.1) is 30.7 Å². The molecule has 41 heavy (non-hydrogen) atoms. The number of carbonyl (C=O) groups excluding carboxylic acids is 2. The van der Waals surface area contributed by atoms with Gasteiger partial charge in [-0.3, -0.25) is 19.1 Å². The second kappa shape index (κ2) is 14.6. The number of hydrogen-bond acceptors (Lipinski definition) is 8. The van der Waals surface area contributed by atoms with Crippen LogP contribution in [0.25, 0.3) is 0 Å². The summed E-state index contributed by atoms with van der Waals surface area (Å²) in [4.78, 5) is 28.2. The van der Waals surface area contributed by atoms with Gasteiger partial charge in [0.2, 0.25) is 5.91 Å². The number of thioether (sulfide) groups is 1. The zero-order chi connectivity index (χ0) is 30.6. The zero-order valence-electron chi connectivity index (χ0n) is 26.9. The molecule has 5 unspecified atom stereocenters. The molecule has 0 spiro atoms. The Morgan fingerprint density at radius 2 is 1.61 bits per heavy atom. The van der Waals surface area contributed by atoms with Gasteiger partial charge in [-0.2, -0.15) is 0 Å². The highest BCUT2D eigenvalue weighted by atomic mass is 32.2. The minimum atomic E-state index is -3.43. The molecule has 0 aromatic carbocycles. The van der Waals surface area contributed by atoms with Crippen LogP contribution in [0.2, 0.25) is 5.82 Å². The number of nitrogens with zero attached hydrogens (tertiary/aromatic N) is 4. The van der Waals surface area contributed by atoms with E-state index in [0.29, 0.717) is 51.7 Å². The number of hydrogen-bond donors (Lipinski definition) is 0. The SMILES string of the molecule is BC1CC(COC(C)(C)C)CN(P(=O)(OCC2CN(C(C)(C)C)CC(B)O2)N2CCN(C(=O)CSC(C)=O)CC2)C1. The molecule has 0 bridgehead atoms. The monoisotopic (exact) mass is 614 g/mol. The van der Waals surface area contributed by atoms with E-state index in [1.807, 2.05) is 4.67 Å². The molecule has 0 saturated carbocycles. The summed E-state index contributed by atoms with van der Waals surface area (Å²) in [6.07, 6.45) is 0.840. The van der Waals surface area contributed by atoms with Crippen molar-refractivity contribution in [3.63, 3.8) is 0 Å². The first-order chi connectivity index (χ1) is 19.0. The zero-order valence-corrected chi connectivity index (χ0v) is 28.6. The Balaban J connectivity index is 1.76. The van der Waals surface area contributed by atoms with E-state index in [-0.39, 0.29) is 52.5 Å². The van der Waals surface area contributed by atoms with Crippen molar-refractivity contribution in [2.75, 3.05) is 71.3 Å². The van der Waals surface area contributed by atoms with Gasteiger partial charge >= 0.3 is 7.67 Å². The summed E-state index contributed by atoms with van der Waals surface area (Å²) < 4.78 is 38.1. The molecule has 10 nitrogen and oxygen atoms in total. The molecular weight excluding hydrogens is 561 g/mol. The van der Waals surface area contributed by atoms with Gasteiger partial charge in [0, 0.05) is 70.8 Å². The van der Waals surface area contributed by atoms with Gasteiger partial charge in [-0.1, -0.05) is 24.0 Å². The van der Waals surface area contributed by atoms with Gasteiger partial charge in [0.1, 0.15) is 15.7 Å². The quantitative estimate of drug-likeness (QED) is 0.282. The molecule has 0 aromatic heterocycles. The van der Waals surface area contributed by atoms with Crippen molar-refractivity contribution in [2.24, 2.45) is 5.92 Å². The number of amides is 1. The number of carbonyl (C=O) groups is 2. The molecule has 3 heterocycles. The first-order valence-electron chi connectivity index (χ1n) is 15.2. The summed E-state index contributed by atoms with van der Waals surface area (Å²) in [6, 6.07) is 0.0623. The van der Waals surface area contributed by atoms with Gasteiger partial charge in [-0.25, -0.2) is 9.34 Å². The summed E-state index contributed by atoms with van der Waals surface area (Å²) in [5.74, 6) is 0.689. The molecule has 1 amide bonds. The summed E-state index contributed by atoms with van der Waals surface area (Å²) >= 11 is 1.03. The molecule has 3 fully saturated rings. The van der Waals surface area contributed by atoms with E-state index >= 15 is 4.57 Å². The Morgan fingerprint density at radius 1 is 0.951 bits per heavy atom. The molecular formula is C27H53B2N4O6PS. The Morgan fingerprint density at radius 3 is 2.20 bits per heavy atom. The lowest BCUT2D eigenvalue weighted by atomic mass is 9.77. The van der Waals surface area contributed by atoms with E-state index in [0.717, 1.165) is 31.3 Å². The number of morpholine rings is 1. The van der Waals surface area contributed by atoms with E-state index in [9.17, 15) is 9.59 Å². The van der Waals surface area contributed by atoms with Crippen molar-refractivity contribution in [3.8, 4) is 0 Å². The first-order valence-corrected chi connectivity index (χ1v) is 17.7. The molecule has 5 atom stereocenters. The van der Waals surface area contributed by atoms with Crippen molar-refractivity contribution >= 4 is 46.1 Å². The molecule has 14 heteroatoms. The normalized spacial score (nSPS) is 29.3. The number of ether oxygens (including phenoxy) is 2. The Labute approximate surface area is 254 Å². The third kappa shape index (κ3) is 10.6. The summed E-state index contributed by atoms with van der Waals surface area (Å²) in [5, 5.41) is -0.0663. The van der Waals surface area contributed by atoms with Crippen LogP contribution >= 0.6 is 19.4 Å². The lowest BCUT2D eigenvalue weighted by Crippen LogP contribution is -2.56. The van der Waals surface area contributed by atoms with Gasteiger partial charge in [0.15, 0.2) is 5.12 Å². The van der Waals surface area contributed by atoms with Gasteiger partial charge in [-0.05, 0) is 47.5 Å². The molecule has 0 N–H and O–H groups in total. The largest absolute Gasteiger partial charge is 0.379 e. The lowest BCUT2D eigenvalue weighted by molar-refractivity contribution is -0.129. The Bertz CT molecular complexity index is 944. The molecule has 3 aliphatic rings. The maximum absolute atomic E-state index is 15.1. The fourth-order valence-corrected chi connectivity index (χ4v) is 8.97. The molecule has 0 aliphatic carbocycles. The fourth-order valence-electron chi connectivity index (χ4n) is 5.81. The van der Waals surface area contributed by atoms with E-state index in [4.69, 9.17) is 14.0 Å². The van der Waals surface area contributed by atoms with Crippen molar-refractivity contribution in [2.45, 2.75) is 84.0 Å². The highest BCUT2D eigenvalue weighted by Crippen LogP contribution is 2.57. The third-order valence-electron chi connectivity index (χ3n) is 7.91. The third-order valence-corrected chi connectivity index (χ3v) is 11.3. The molecule has 0 aromatic rings. The van der Waals surface area contributed by atoms with Crippen LogP contribution in [0.1, 0.15) is 54.9 Å². The second-order valence-corrected chi connectivity index (χ2v) is 17.6. The molecule has 3 rings (SSSR count). The topological polar surface area (TPSA) is 91.9 Å². The fraction of sp³-hybridized carbons (Fsp3) is 0.926. The van der Waals surface area contributed by atoms with Gasteiger partial charge < -0.3 is 18.9 Å². The summed E-state index contributed by atoms with van der Waals surface area (Å²) in [7, 11) is 0.857. The molecule has 234 valence electrons. The van der Waals surface area contributed by atoms with E-state index in [2.05, 4.69) is 66.8 Å². The van der Waals surface area contributed by atoms with Crippen LogP contribution in [0, 0.1) is 5.92 Å². The minimum Gasteiger partial charge on any atom is -0.379 e. The molecule has 3 saturated heterocycles. The molecule has 3 aliphatic heterocycles. The number of piperazine rings is 1. The standard InChI is InChI=1S/C27H53B2N4O6PS/c1-20(34)41-19-25(35)30-8-10-32(11-9-30)40(36,33-13-21(12-22(28)14-33)17-37-27(5,6)7)38-18-23-15-31(26(2,3)4)16-24(29)39-23/h21-24H,8-19,28-29H2,1-7H3. The average molecular weight is 614 g/mol. The second-order valence-electron chi connectivity index (χ2n) is 14.0. The smallest absolute Gasteiger partial charge is 0.346 e. The average Bonchev–Trinajstić information content (AvgIpc) is 2.87. The van der Waals surface area contributed by atoms with Crippen molar-refractivity contribution in [1.82, 2.24) is 19.1 Å². The lowest BCUT2D eigenvalue weighted by Gasteiger charge is -2.47. The minimum absolute atomic E-state index is 0.00606. The molecule has 0 radical (unpaired) electrons. The van der Waals surface area contributed by atoms with E-state index in [1.165, 1.54) is 6.92 Å². The number of piperidine rings is 1. The van der Waals surface area contributed by atoms with Crippen molar-refractivity contribution in [1.29, 1.82) is 0 Å². The van der Waals surface area contributed by atoms with Crippen LogP contribution in [0.3, 0.4) is 0 Å².